The van der Waals surface area contributed by atoms with Crippen LogP contribution in [0.15, 0.2) is 36.4 Å². The van der Waals surface area contributed by atoms with E-state index < -0.39 is 24.1 Å². The lowest BCUT2D eigenvalue weighted by atomic mass is 10.1. The summed E-state index contributed by atoms with van der Waals surface area (Å²) in [7, 11) is 0. The molecule has 0 aromatic heterocycles. The van der Waals surface area contributed by atoms with Gasteiger partial charge < -0.3 is 10.1 Å². The predicted molar refractivity (Wildman–Crippen MR) is 105 cm³/mol. The maximum Gasteiger partial charge on any atom is 0.340 e. The number of carbonyl (C=O) groups is 3. The fourth-order valence-corrected chi connectivity index (χ4v) is 4.02. The van der Waals surface area contributed by atoms with Gasteiger partial charge >= 0.3 is 5.97 Å². The number of hydrogen-bond acceptors (Lipinski definition) is 4. The standard InChI is InChI=1S/C19H13Cl3N2O4/c20-11-7-13(22)14(8-12(11)21)23-17(26)15-5-6-16(25)24(15)18-9-3-1-2-4-10(9)19(27)28-18/h1-4,7-8,15,18H,5-6H2,(H,23,26). The van der Waals surface area contributed by atoms with Crippen LogP contribution in [0.1, 0.15) is 35.0 Å². The summed E-state index contributed by atoms with van der Waals surface area (Å²) in [6.45, 7) is 0. The molecule has 0 bridgehead atoms. The minimum absolute atomic E-state index is 0.170. The van der Waals surface area contributed by atoms with E-state index in [0.29, 0.717) is 17.5 Å². The Morgan fingerprint density at radius 1 is 1.07 bits per heavy atom. The van der Waals surface area contributed by atoms with Gasteiger partial charge in [-0.05, 0) is 24.6 Å². The van der Waals surface area contributed by atoms with Crippen molar-refractivity contribution in [3.05, 3.63) is 62.6 Å². The first kappa shape index (κ1) is 19.1. The summed E-state index contributed by atoms with van der Waals surface area (Å²) >= 11 is 18.0. The third kappa shape index (κ3) is 3.21. The van der Waals surface area contributed by atoms with Gasteiger partial charge in [-0.25, -0.2) is 4.79 Å². The molecule has 144 valence electrons. The molecule has 1 N–H and O–H groups in total. The summed E-state index contributed by atoms with van der Waals surface area (Å²) in [5, 5.41) is 3.40. The zero-order chi connectivity index (χ0) is 20.0. The third-order valence-corrected chi connectivity index (χ3v) is 5.78. The lowest BCUT2D eigenvalue weighted by molar-refractivity contribution is -0.144. The normalized spacial score (nSPS) is 20.9. The Morgan fingerprint density at radius 2 is 1.79 bits per heavy atom. The smallest absolute Gasteiger partial charge is 0.340 e. The van der Waals surface area contributed by atoms with Crippen molar-refractivity contribution in [3.8, 4) is 0 Å². The van der Waals surface area contributed by atoms with E-state index >= 15 is 0 Å². The van der Waals surface area contributed by atoms with Crippen LogP contribution in [0.3, 0.4) is 0 Å². The molecule has 2 aromatic carbocycles. The van der Waals surface area contributed by atoms with Gasteiger partial charge in [0.05, 0.1) is 26.3 Å². The number of fused-ring (bicyclic) bond motifs is 1. The molecule has 1 fully saturated rings. The molecule has 2 heterocycles. The van der Waals surface area contributed by atoms with Crippen LogP contribution in [-0.4, -0.2) is 28.7 Å². The molecule has 0 radical (unpaired) electrons. The monoisotopic (exact) mass is 438 g/mol. The number of anilines is 1. The van der Waals surface area contributed by atoms with Crippen LogP contribution in [-0.2, 0) is 14.3 Å². The predicted octanol–water partition coefficient (Wildman–Crippen LogP) is 4.45. The molecule has 6 nitrogen and oxygen atoms in total. The lowest BCUT2D eigenvalue weighted by Crippen LogP contribution is -2.43. The number of halogens is 3. The van der Waals surface area contributed by atoms with E-state index in [1.165, 1.54) is 17.0 Å². The number of likely N-dealkylation sites (tertiary alicyclic amines) is 1. The first-order valence-corrected chi connectivity index (χ1v) is 9.56. The summed E-state index contributed by atoms with van der Waals surface area (Å²) in [6, 6.07) is 8.85. The topological polar surface area (TPSA) is 75.7 Å². The molecule has 0 spiro atoms. The number of nitrogens with zero attached hydrogens (tertiary/aromatic N) is 1. The number of hydrogen-bond donors (Lipinski definition) is 1. The van der Waals surface area contributed by atoms with Crippen molar-refractivity contribution in [2.24, 2.45) is 0 Å². The summed E-state index contributed by atoms with van der Waals surface area (Å²) in [6.07, 6.45) is -0.470. The van der Waals surface area contributed by atoms with E-state index in [2.05, 4.69) is 5.32 Å². The number of nitrogens with one attached hydrogen (secondary N) is 1. The minimum atomic E-state index is -0.932. The van der Waals surface area contributed by atoms with Gasteiger partial charge in [0, 0.05) is 12.0 Å². The van der Waals surface area contributed by atoms with Crippen LogP contribution in [0.2, 0.25) is 15.1 Å². The molecule has 2 unspecified atom stereocenters. The van der Waals surface area contributed by atoms with E-state index in [0.717, 1.165) is 0 Å². The van der Waals surface area contributed by atoms with Gasteiger partial charge in [-0.15, -0.1) is 0 Å². The SMILES string of the molecule is O=C1OC(N2C(=O)CCC2C(=O)Nc2cc(Cl)c(Cl)cc2Cl)c2ccccc21. The first-order valence-electron chi connectivity index (χ1n) is 8.43. The van der Waals surface area contributed by atoms with E-state index in [1.807, 2.05) is 0 Å². The highest BCUT2D eigenvalue weighted by Gasteiger charge is 2.46. The van der Waals surface area contributed by atoms with E-state index in [1.54, 1.807) is 24.3 Å². The fraction of sp³-hybridized carbons (Fsp3) is 0.211. The van der Waals surface area contributed by atoms with Crippen LogP contribution in [0.5, 0.6) is 0 Å². The van der Waals surface area contributed by atoms with Crippen LogP contribution < -0.4 is 5.32 Å². The molecule has 2 atom stereocenters. The molecule has 2 aliphatic rings. The Hall–Kier alpha value is -2.28. The number of carbonyl (C=O) groups excluding carboxylic acids is 3. The molecule has 28 heavy (non-hydrogen) atoms. The fourth-order valence-electron chi connectivity index (χ4n) is 3.42. The number of rotatable bonds is 3. The first-order chi connectivity index (χ1) is 13.4. The minimum Gasteiger partial charge on any atom is -0.433 e. The summed E-state index contributed by atoms with van der Waals surface area (Å²) in [5.74, 6) is -1.24. The van der Waals surface area contributed by atoms with Crippen molar-refractivity contribution >= 4 is 58.3 Å². The van der Waals surface area contributed by atoms with Crippen molar-refractivity contribution in [2.45, 2.75) is 25.1 Å². The maximum absolute atomic E-state index is 12.9. The summed E-state index contributed by atoms with van der Waals surface area (Å²) in [5.41, 5.74) is 1.23. The van der Waals surface area contributed by atoms with Crippen LogP contribution in [0.25, 0.3) is 0 Å². The zero-order valence-electron chi connectivity index (χ0n) is 14.2. The van der Waals surface area contributed by atoms with E-state index in [-0.39, 0.29) is 33.1 Å². The Labute approximate surface area is 175 Å². The molecule has 0 aliphatic carbocycles. The molecular weight excluding hydrogens is 427 g/mol. The van der Waals surface area contributed by atoms with Crippen LogP contribution >= 0.6 is 34.8 Å². The number of benzene rings is 2. The highest BCUT2D eigenvalue weighted by atomic mass is 35.5. The van der Waals surface area contributed by atoms with Crippen molar-refractivity contribution < 1.29 is 19.1 Å². The Bertz CT molecular complexity index is 1010. The molecule has 1 saturated heterocycles. The Balaban J connectivity index is 1.61. The van der Waals surface area contributed by atoms with Gasteiger partial charge in [-0.2, -0.15) is 0 Å². The van der Waals surface area contributed by atoms with Gasteiger partial charge in [-0.1, -0.05) is 53.0 Å². The third-order valence-electron chi connectivity index (χ3n) is 4.74. The summed E-state index contributed by atoms with van der Waals surface area (Å²) < 4.78 is 5.40. The molecule has 2 aromatic rings. The molecule has 4 rings (SSSR count). The molecule has 0 saturated carbocycles. The van der Waals surface area contributed by atoms with Crippen molar-refractivity contribution in [3.63, 3.8) is 0 Å². The Morgan fingerprint density at radius 3 is 2.57 bits per heavy atom. The van der Waals surface area contributed by atoms with Gasteiger partial charge in [0.15, 0.2) is 0 Å². The summed E-state index contributed by atoms with van der Waals surface area (Å²) in [4.78, 5) is 38.8. The van der Waals surface area contributed by atoms with Crippen LogP contribution in [0.4, 0.5) is 5.69 Å². The lowest BCUT2D eigenvalue weighted by Gasteiger charge is -2.29. The van der Waals surface area contributed by atoms with Gasteiger partial charge in [0.2, 0.25) is 18.0 Å². The van der Waals surface area contributed by atoms with Gasteiger partial charge in [0.1, 0.15) is 6.04 Å². The Kier molecular flexibility index (Phi) is 4.95. The highest BCUT2D eigenvalue weighted by molar-refractivity contribution is 6.44. The number of cyclic esters (lactones) is 1. The van der Waals surface area contributed by atoms with Crippen molar-refractivity contribution in [1.82, 2.24) is 4.90 Å². The van der Waals surface area contributed by atoms with Gasteiger partial charge in [-0.3, -0.25) is 14.5 Å². The number of esters is 1. The van der Waals surface area contributed by atoms with Gasteiger partial charge in [0.25, 0.3) is 0 Å². The number of ether oxygens (including phenoxy) is 1. The van der Waals surface area contributed by atoms with Crippen molar-refractivity contribution in [1.29, 1.82) is 0 Å². The average Bonchev–Trinajstić information content (AvgIpc) is 3.20. The molecule has 9 heteroatoms. The molecular formula is C19H13Cl3N2O4. The quantitative estimate of drug-likeness (QED) is 0.566. The van der Waals surface area contributed by atoms with E-state index in [9.17, 15) is 14.4 Å². The second-order valence-electron chi connectivity index (χ2n) is 6.44. The zero-order valence-corrected chi connectivity index (χ0v) is 16.5. The largest absolute Gasteiger partial charge is 0.433 e. The average molecular weight is 440 g/mol. The number of amides is 2. The maximum atomic E-state index is 12.9. The van der Waals surface area contributed by atoms with E-state index in [4.69, 9.17) is 39.5 Å². The molecule has 2 amide bonds. The highest BCUT2D eigenvalue weighted by Crippen LogP contribution is 2.39. The molecule has 2 aliphatic heterocycles. The second kappa shape index (κ2) is 7.28. The van der Waals surface area contributed by atoms with Crippen molar-refractivity contribution in [2.75, 3.05) is 5.32 Å². The second-order valence-corrected chi connectivity index (χ2v) is 7.66. The van der Waals surface area contributed by atoms with Crippen LogP contribution in [0, 0.1) is 0 Å².